The maximum absolute atomic E-state index is 13.1. The zero-order valence-corrected chi connectivity index (χ0v) is 18.1. The predicted molar refractivity (Wildman–Crippen MR) is 121 cm³/mol. The number of methoxy groups -OCH3 is 1. The standard InChI is InChI=1S/C24H27N5O3/c1-32-14-11-21-6-2-3-13-28(21)24(31)18-7-9-22(10-8-18)29-17-20(16-26-29)27-23(30)19-5-4-12-25-15-19/h4-5,7-10,12,15-17,21H,2-3,6,11,13-14H2,1H3,(H,27,30). The molecule has 0 radical (unpaired) electrons. The molecule has 1 saturated heterocycles. The van der Waals surface area contributed by atoms with E-state index in [4.69, 9.17) is 4.74 Å². The van der Waals surface area contributed by atoms with Gasteiger partial charge in [0.25, 0.3) is 11.8 Å². The Morgan fingerprint density at radius 2 is 1.97 bits per heavy atom. The molecule has 4 rings (SSSR count). The van der Waals surface area contributed by atoms with E-state index in [1.54, 1.807) is 42.5 Å². The number of aromatic nitrogens is 3. The van der Waals surface area contributed by atoms with E-state index in [9.17, 15) is 9.59 Å². The Labute approximate surface area is 187 Å². The number of likely N-dealkylation sites (tertiary alicyclic amines) is 1. The van der Waals surface area contributed by atoms with Gasteiger partial charge in [-0.25, -0.2) is 4.68 Å². The van der Waals surface area contributed by atoms with E-state index < -0.39 is 0 Å². The molecule has 1 aliphatic rings. The minimum Gasteiger partial charge on any atom is -0.385 e. The molecule has 0 aliphatic carbocycles. The summed E-state index contributed by atoms with van der Waals surface area (Å²) >= 11 is 0. The van der Waals surface area contributed by atoms with Crippen LogP contribution in [-0.2, 0) is 4.74 Å². The number of rotatable bonds is 7. The van der Waals surface area contributed by atoms with Crippen molar-refractivity contribution < 1.29 is 14.3 Å². The summed E-state index contributed by atoms with van der Waals surface area (Å²) in [5.41, 5.74) is 2.52. The van der Waals surface area contributed by atoms with Gasteiger partial charge >= 0.3 is 0 Å². The average Bonchev–Trinajstić information content (AvgIpc) is 3.31. The van der Waals surface area contributed by atoms with Crippen molar-refractivity contribution in [2.45, 2.75) is 31.7 Å². The number of pyridine rings is 1. The second-order valence-electron chi connectivity index (χ2n) is 7.85. The highest BCUT2D eigenvalue weighted by atomic mass is 16.5. The van der Waals surface area contributed by atoms with Gasteiger partial charge in [-0.15, -0.1) is 0 Å². The van der Waals surface area contributed by atoms with Crippen molar-refractivity contribution in [1.29, 1.82) is 0 Å². The lowest BCUT2D eigenvalue weighted by molar-refractivity contribution is 0.0553. The third-order valence-electron chi connectivity index (χ3n) is 5.69. The fraction of sp³-hybridized carbons (Fsp3) is 0.333. The highest BCUT2D eigenvalue weighted by Gasteiger charge is 2.27. The summed E-state index contributed by atoms with van der Waals surface area (Å²) in [4.78, 5) is 31.3. The number of carbonyl (C=O) groups excluding carboxylic acids is 2. The number of piperidine rings is 1. The van der Waals surface area contributed by atoms with E-state index in [1.807, 2.05) is 29.2 Å². The van der Waals surface area contributed by atoms with E-state index >= 15 is 0 Å². The molecule has 1 unspecified atom stereocenters. The fourth-order valence-corrected chi connectivity index (χ4v) is 3.97. The number of benzene rings is 1. The Morgan fingerprint density at radius 1 is 1.12 bits per heavy atom. The lowest BCUT2D eigenvalue weighted by Gasteiger charge is -2.36. The van der Waals surface area contributed by atoms with Crippen LogP contribution >= 0.6 is 0 Å². The van der Waals surface area contributed by atoms with Crippen molar-refractivity contribution in [3.8, 4) is 5.69 Å². The van der Waals surface area contributed by atoms with E-state index in [2.05, 4.69) is 15.4 Å². The van der Waals surface area contributed by atoms with E-state index in [0.717, 1.165) is 37.9 Å². The van der Waals surface area contributed by atoms with Gasteiger partial charge in [-0.05, 0) is 62.1 Å². The maximum Gasteiger partial charge on any atom is 0.257 e. The van der Waals surface area contributed by atoms with Crippen LogP contribution in [0.25, 0.3) is 5.69 Å². The van der Waals surface area contributed by atoms with Crippen LogP contribution in [-0.4, -0.2) is 57.8 Å². The first-order valence-corrected chi connectivity index (χ1v) is 10.8. The topological polar surface area (TPSA) is 89.4 Å². The molecule has 1 fully saturated rings. The molecule has 1 atom stereocenters. The van der Waals surface area contributed by atoms with Gasteiger partial charge in [0.2, 0.25) is 0 Å². The van der Waals surface area contributed by atoms with Gasteiger partial charge in [-0.2, -0.15) is 5.10 Å². The molecule has 2 amide bonds. The zero-order chi connectivity index (χ0) is 22.3. The quantitative estimate of drug-likeness (QED) is 0.616. The van der Waals surface area contributed by atoms with E-state index in [0.29, 0.717) is 23.4 Å². The first-order valence-electron chi connectivity index (χ1n) is 10.8. The summed E-state index contributed by atoms with van der Waals surface area (Å²) in [6.45, 7) is 1.44. The third-order valence-corrected chi connectivity index (χ3v) is 5.69. The molecule has 0 spiro atoms. The van der Waals surface area contributed by atoms with Gasteiger partial charge in [-0.1, -0.05) is 0 Å². The normalized spacial score (nSPS) is 16.0. The molecule has 1 N–H and O–H groups in total. The van der Waals surface area contributed by atoms with Gasteiger partial charge in [0.15, 0.2) is 0 Å². The number of carbonyl (C=O) groups is 2. The molecule has 3 aromatic rings. The average molecular weight is 434 g/mol. The largest absolute Gasteiger partial charge is 0.385 e. The number of nitrogens with one attached hydrogen (secondary N) is 1. The molecule has 32 heavy (non-hydrogen) atoms. The number of ether oxygens (including phenoxy) is 1. The molecule has 1 aliphatic heterocycles. The van der Waals surface area contributed by atoms with Gasteiger partial charge in [-0.3, -0.25) is 14.6 Å². The van der Waals surface area contributed by atoms with Gasteiger partial charge < -0.3 is 15.0 Å². The van der Waals surface area contributed by atoms with Crippen LogP contribution in [0.2, 0.25) is 0 Å². The van der Waals surface area contributed by atoms with Crippen molar-refractivity contribution in [2.24, 2.45) is 0 Å². The van der Waals surface area contributed by atoms with Crippen molar-refractivity contribution in [3.63, 3.8) is 0 Å². The summed E-state index contributed by atoms with van der Waals surface area (Å²) in [6, 6.07) is 11.0. The molecule has 2 aromatic heterocycles. The van der Waals surface area contributed by atoms with Crippen LogP contribution in [0.1, 0.15) is 46.4 Å². The van der Waals surface area contributed by atoms with Gasteiger partial charge in [0.1, 0.15) is 0 Å². The van der Waals surface area contributed by atoms with Crippen molar-refractivity contribution in [2.75, 3.05) is 25.6 Å². The summed E-state index contributed by atoms with van der Waals surface area (Å²) < 4.78 is 6.88. The van der Waals surface area contributed by atoms with Gasteiger partial charge in [0.05, 0.1) is 29.3 Å². The Balaban J connectivity index is 1.42. The molecule has 166 valence electrons. The van der Waals surface area contributed by atoms with Crippen LogP contribution in [0, 0.1) is 0 Å². The Morgan fingerprint density at radius 3 is 2.72 bits per heavy atom. The second-order valence-corrected chi connectivity index (χ2v) is 7.85. The monoisotopic (exact) mass is 433 g/mol. The van der Waals surface area contributed by atoms with Gasteiger partial charge in [0, 0.05) is 44.3 Å². The number of amides is 2. The minimum atomic E-state index is -0.247. The molecule has 8 heteroatoms. The molecule has 1 aromatic carbocycles. The highest BCUT2D eigenvalue weighted by Crippen LogP contribution is 2.23. The molecule has 0 saturated carbocycles. The first-order chi connectivity index (χ1) is 15.7. The Kier molecular flexibility index (Phi) is 6.91. The second kappa shape index (κ2) is 10.2. The summed E-state index contributed by atoms with van der Waals surface area (Å²) in [6.07, 6.45) is 10.5. The smallest absolute Gasteiger partial charge is 0.257 e. The molecular weight excluding hydrogens is 406 g/mol. The molecular formula is C24H27N5O3. The van der Waals surface area contributed by atoms with Crippen molar-refractivity contribution >= 4 is 17.5 Å². The number of hydrogen-bond donors (Lipinski definition) is 1. The summed E-state index contributed by atoms with van der Waals surface area (Å²) in [5, 5.41) is 7.13. The Bertz CT molecular complexity index is 1050. The molecule has 8 nitrogen and oxygen atoms in total. The number of anilines is 1. The predicted octanol–water partition coefficient (Wildman–Crippen LogP) is 3.55. The maximum atomic E-state index is 13.1. The highest BCUT2D eigenvalue weighted by molar-refractivity contribution is 6.03. The third kappa shape index (κ3) is 5.03. The van der Waals surface area contributed by atoms with Crippen LogP contribution in [0.15, 0.2) is 61.2 Å². The lowest BCUT2D eigenvalue weighted by atomic mass is 9.98. The van der Waals surface area contributed by atoms with Crippen LogP contribution in [0.4, 0.5) is 5.69 Å². The first kappa shape index (κ1) is 21.7. The Hall–Kier alpha value is -3.52. The van der Waals surface area contributed by atoms with Crippen molar-refractivity contribution in [3.05, 3.63) is 72.3 Å². The lowest BCUT2D eigenvalue weighted by Crippen LogP contribution is -2.44. The summed E-state index contributed by atoms with van der Waals surface area (Å²) in [5.74, 6) is -0.189. The zero-order valence-electron chi connectivity index (χ0n) is 18.1. The van der Waals surface area contributed by atoms with E-state index in [1.165, 1.54) is 6.20 Å². The molecule has 0 bridgehead atoms. The molecule has 3 heterocycles. The van der Waals surface area contributed by atoms with E-state index in [-0.39, 0.29) is 17.9 Å². The number of hydrogen-bond acceptors (Lipinski definition) is 5. The van der Waals surface area contributed by atoms with Crippen LogP contribution in [0.3, 0.4) is 0 Å². The fourth-order valence-electron chi connectivity index (χ4n) is 3.97. The SMILES string of the molecule is COCCC1CCCCN1C(=O)c1ccc(-n2cc(NC(=O)c3cccnc3)cn2)cc1. The summed E-state index contributed by atoms with van der Waals surface area (Å²) in [7, 11) is 1.69. The van der Waals surface area contributed by atoms with Crippen molar-refractivity contribution in [1.82, 2.24) is 19.7 Å². The van der Waals surface area contributed by atoms with Crippen LogP contribution < -0.4 is 5.32 Å². The van der Waals surface area contributed by atoms with Crippen LogP contribution in [0.5, 0.6) is 0 Å². The number of nitrogens with zero attached hydrogens (tertiary/aromatic N) is 4. The minimum absolute atomic E-state index is 0.0576.